The van der Waals surface area contributed by atoms with Gasteiger partial charge in [-0.2, -0.15) is 0 Å². The largest absolute Gasteiger partial charge is 0.444 e. The van der Waals surface area contributed by atoms with Gasteiger partial charge in [-0.3, -0.25) is 10.3 Å². The van der Waals surface area contributed by atoms with Gasteiger partial charge in [-0.1, -0.05) is 12.1 Å². The van der Waals surface area contributed by atoms with E-state index in [-0.39, 0.29) is 0 Å². The van der Waals surface area contributed by atoms with Gasteiger partial charge in [0.2, 0.25) is 0 Å². The number of aliphatic imine (C=N–C) groups is 1. The fourth-order valence-corrected chi connectivity index (χ4v) is 3.32. The van der Waals surface area contributed by atoms with Gasteiger partial charge in [0.25, 0.3) is 0 Å². The second kappa shape index (κ2) is 10.1. The van der Waals surface area contributed by atoms with E-state index in [1.54, 1.807) is 18.4 Å². The standard InChI is InChI=1S/C21H30N4O2S/c1-15-11-13-28-18(15)14-24-19(22-5)23-12-10-16-6-8-17(9-7-16)25-20(26)27-21(2,3)4/h6-9,11,13H,10,12,14H2,1-5H3,(H,25,26)(H2,22,23,24). The van der Waals surface area contributed by atoms with E-state index in [0.29, 0.717) is 0 Å². The molecule has 1 amide bonds. The summed E-state index contributed by atoms with van der Waals surface area (Å²) in [5, 5.41) is 11.5. The number of nitrogens with one attached hydrogen (secondary N) is 3. The molecule has 7 heteroatoms. The quantitative estimate of drug-likeness (QED) is 0.497. The molecule has 2 rings (SSSR count). The van der Waals surface area contributed by atoms with Gasteiger partial charge >= 0.3 is 6.09 Å². The van der Waals surface area contributed by atoms with Crippen molar-refractivity contribution >= 4 is 29.1 Å². The minimum atomic E-state index is -0.509. The van der Waals surface area contributed by atoms with Gasteiger partial charge in [0.1, 0.15) is 5.60 Å². The number of carbonyl (C=O) groups excluding carboxylic acids is 1. The third-order valence-corrected chi connectivity index (χ3v) is 4.94. The number of nitrogens with zero attached hydrogens (tertiary/aromatic N) is 1. The maximum absolute atomic E-state index is 11.8. The molecule has 2 aromatic rings. The predicted octanol–water partition coefficient (Wildman–Crippen LogP) is 4.31. The van der Waals surface area contributed by atoms with Crippen molar-refractivity contribution < 1.29 is 9.53 Å². The van der Waals surface area contributed by atoms with Gasteiger partial charge in [-0.25, -0.2) is 4.79 Å². The SMILES string of the molecule is CN=C(NCCc1ccc(NC(=O)OC(C)(C)C)cc1)NCc1sccc1C. The topological polar surface area (TPSA) is 74.8 Å². The van der Waals surface area contributed by atoms with Crippen molar-refractivity contribution in [1.82, 2.24) is 10.6 Å². The Kier molecular flexibility index (Phi) is 7.87. The van der Waals surface area contributed by atoms with Gasteiger partial charge in [-0.15, -0.1) is 11.3 Å². The molecule has 1 aromatic heterocycles. The van der Waals surface area contributed by atoms with E-state index in [2.05, 4.69) is 39.3 Å². The van der Waals surface area contributed by atoms with Gasteiger partial charge in [0, 0.05) is 24.2 Å². The van der Waals surface area contributed by atoms with Crippen LogP contribution in [0.1, 0.15) is 36.8 Å². The van der Waals surface area contributed by atoms with Crippen molar-refractivity contribution in [3.05, 3.63) is 51.7 Å². The van der Waals surface area contributed by atoms with E-state index >= 15 is 0 Å². The van der Waals surface area contributed by atoms with Crippen molar-refractivity contribution in [3.63, 3.8) is 0 Å². The molecule has 1 heterocycles. The number of aryl methyl sites for hydroxylation is 1. The maximum Gasteiger partial charge on any atom is 0.412 e. The summed E-state index contributed by atoms with van der Waals surface area (Å²) in [5.41, 5.74) is 2.68. The molecular weight excluding hydrogens is 372 g/mol. The molecule has 0 spiro atoms. The van der Waals surface area contributed by atoms with Crippen molar-refractivity contribution in [2.24, 2.45) is 4.99 Å². The molecule has 28 heavy (non-hydrogen) atoms. The highest BCUT2D eigenvalue weighted by Crippen LogP contribution is 2.15. The minimum Gasteiger partial charge on any atom is -0.444 e. The van der Waals surface area contributed by atoms with Crippen molar-refractivity contribution in [3.8, 4) is 0 Å². The van der Waals surface area contributed by atoms with Gasteiger partial charge < -0.3 is 15.4 Å². The summed E-state index contributed by atoms with van der Waals surface area (Å²) in [4.78, 5) is 17.4. The van der Waals surface area contributed by atoms with Crippen molar-refractivity contribution in [1.29, 1.82) is 0 Å². The number of hydrogen-bond donors (Lipinski definition) is 3. The molecule has 0 aliphatic carbocycles. The molecule has 3 N–H and O–H groups in total. The number of rotatable bonds is 6. The van der Waals surface area contributed by atoms with Crippen LogP contribution in [0.4, 0.5) is 10.5 Å². The van der Waals surface area contributed by atoms with Crippen LogP contribution in [0.3, 0.4) is 0 Å². The van der Waals surface area contributed by atoms with Gasteiger partial charge in [0.15, 0.2) is 5.96 Å². The van der Waals surface area contributed by atoms with Crippen LogP contribution in [0, 0.1) is 6.92 Å². The van der Waals surface area contributed by atoms with Crippen LogP contribution in [-0.4, -0.2) is 31.2 Å². The van der Waals surface area contributed by atoms with Crippen molar-refractivity contribution in [2.45, 2.75) is 46.3 Å². The van der Waals surface area contributed by atoms with E-state index < -0.39 is 11.7 Å². The predicted molar refractivity (Wildman–Crippen MR) is 117 cm³/mol. The molecule has 0 aliphatic rings. The maximum atomic E-state index is 11.8. The first-order valence-electron chi connectivity index (χ1n) is 9.33. The van der Waals surface area contributed by atoms with Gasteiger partial charge in [-0.05, 0) is 68.8 Å². The first-order chi connectivity index (χ1) is 13.3. The van der Waals surface area contributed by atoms with Crippen LogP contribution in [0.2, 0.25) is 0 Å². The Bertz CT molecular complexity index is 791. The number of ether oxygens (including phenoxy) is 1. The van der Waals surface area contributed by atoms with Crippen LogP contribution in [0.15, 0.2) is 40.7 Å². The number of carbonyl (C=O) groups is 1. The van der Waals surface area contributed by atoms with E-state index in [1.165, 1.54) is 16.0 Å². The molecule has 0 unspecified atom stereocenters. The lowest BCUT2D eigenvalue weighted by Gasteiger charge is -2.19. The molecule has 0 bridgehead atoms. The Hall–Kier alpha value is -2.54. The molecule has 6 nitrogen and oxygen atoms in total. The van der Waals surface area contributed by atoms with Crippen LogP contribution >= 0.6 is 11.3 Å². The summed E-state index contributed by atoms with van der Waals surface area (Å²) >= 11 is 1.75. The van der Waals surface area contributed by atoms with E-state index in [0.717, 1.165) is 31.2 Å². The number of hydrogen-bond acceptors (Lipinski definition) is 4. The highest BCUT2D eigenvalue weighted by Gasteiger charge is 2.16. The molecule has 0 fully saturated rings. The first kappa shape index (κ1) is 21.8. The zero-order valence-electron chi connectivity index (χ0n) is 17.3. The molecule has 0 saturated carbocycles. The number of benzene rings is 1. The van der Waals surface area contributed by atoms with Crippen LogP contribution in [0.5, 0.6) is 0 Å². The average molecular weight is 403 g/mol. The smallest absolute Gasteiger partial charge is 0.412 e. The third-order valence-electron chi connectivity index (χ3n) is 3.91. The molecule has 0 saturated heterocycles. The molecule has 1 aromatic carbocycles. The summed E-state index contributed by atoms with van der Waals surface area (Å²) in [6, 6.07) is 9.89. The molecule has 0 radical (unpaired) electrons. The average Bonchev–Trinajstić information content (AvgIpc) is 3.02. The first-order valence-corrected chi connectivity index (χ1v) is 10.2. The van der Waals surface area contributed by atoms with Gasteiger partial charge in [0.05, 0.1) is 6.54 Å². The highest BCUT2D eigenvalue weighted by atomic mass is 32.1. The lowest BCUT2D eigenvalue weighted by Crippen LogP contribution is -2.37. The Morgan fingerprint density at radius 3 is 2.43 bits per heavy atom. The molecular formula is C21H30N4O2S. The third kappa shape index (κ3) is 7.60. The summed E-state index contributed by atoms with van der Waals surface area (Å²) in [7, 11) is 1.77. The van der Waals surface area contributed by atoms with Crippen LogP contribution in [0.25, 0.3) is 0 Å². The van der Waals surface area contributed by atoms with E-state index in [1.807, 2.05) is 45.0 Å². The Morgan fingerprint density at radius 2 is 1.86 bits per heavy atom. The van der Waals surface area contributed by atoms with Crippen molar-refractivity contribution in [2.75, 3.05) is 18.9 Å². The molecule has 0 aliphatic heterocycles. The fourth-order valence-electron chi connectivity index (χ4n) is 2.47. The Balaban J connectivity index is 1.74. The highest BCUT2D eigenvalue weighted by molar-refractivity contribution is 7.10. The summed E-state index contributed by atoms with van der Waals surface area (Å²) in [6.07, 6.45) is 0.406. The monoisotopic (exact) mass is 402 g/mol. The van der Waals surface area contributed by atoms with E-state index in [9.17, 15) is 4.79 Å². The second-order valence-corrected chi connectivity index (χ2v) is 8.45. The summed E-state index contributed by atoms with van der Waals surface area (Å²) in [5.74, 6) is 0.788. The molecule has 0 atom stereocenters. The van der Waals surface area contributed by atoms with Crippen LogP contribution in [-0.2, 0) is 17.7 Å². The second-order valence-electron chi connectivity index (χ2n) is 7.45. The number of amides is 1. The normalized spacial score (nSPS) is 11.8. The summed E-state index contributed by atoms with van der Waals surface area (Å²) < 4.78 is 5.25. The lowest BCUT2D eigenvalue weighted by molar-refractivity contribution is 0.0636. The number of guanidine groups is 1. The van der Waals surface area contributed by atoms with E-state index in [4.69, 9.17) is 4.74 Å². The summed E-state index contributed by atoms with van der Waals surface area (Å²) in [6.45, 7) is 9.17. The fraction of sp³-hybridized carbons (Fsp3) is 0.429. The Labute approximate surface area is 171 Å². The Morgan fingerprint density at radius 1 is 1.14 bits per heavy atom. The molecule has 152 valence electrons. The lowest BCUT2D eigenvalue weighted by atomic mass is 10.1. The number of thiophene rings is 1. The van der Waals surface area contributed by atoms with Crippen LogP contribution < -0.4 is 16.0 Å². The minimum absolute atomic E-state index is 0.447. The zero-order valence-corrected chi connectivity index (χ0v) is 18.1. The zero-order chi connectivity index (χ0) is 20.6. The number of anilines is 1.